The maximum atomic E-state index is 7.11. The van der Waals surface area contributed by atoms with Crippen LogP contribution in [0.4, 0.5) is 0 Å². The molecule has 0 nitrogen and oxygen atoms in total. The van der Waals surface area contributed by atoms with Gasteiger partial charge in [-0.25, -0.2) is 0 Å². The van der Waals surface area contributed by atoms with Crippen molar-refractivity contribution in [2.45, 2.75) is 19.3 Å². The molecule has 0 fully saturated rings. The SMILES string of the molecule is ClC1=C(/C=C/c2cc(-c3ccc[se]3)[s+]c(-c3ccc[se]3)c2)CCC/C1=C\C=C1C=C(c2ccc[se]2)SC(c2ccc[se]2)=C1. The second kappa shape index (κ2) is 14.4. The molecule has 212 valence electrons. The van der Waals surface area contributed by atoms with E-state index in [0.29, 0.717) is 58.0 Å². The van der Waals surface area contributed by atoms with Gasteiger partial charge < -0.3 is 0 Å². The average molecular weight is 874 g/mol. The Morgan fingerprint density at radius 2 is 1.23 bits per heavy atom. The normalized spacial score (nSPS) is 16.7. The van der Waals surface area contributed by atoms with E-state index in [1.165, 1.54) is 59.6 Å². The molecule has 0 N–H and O–H groups in total. The summed E-state index contributed by atoms with van der Waals surface area (Å²) in [5.74, 6) is 0. The van der Waals surface area contributed by atoms with Crippen molar-refractivity contribution in [3.8, 4) is 18.6 Å². The summed E-state index contributed by atoms with van der Waals surface area (Å²) >= 11 is 12.7. The average Bonchev–Trinajstić information content (AvgIpc) is 3.88. The summed E-state index contributed by atoms with van der Waals surface area (Å²) in [6.07, 6.45) is 17.0. The number of halogens is 1. The van der Waals surface area contributed by atoms with E-state index in [-0.39, 0.29) is 0 Å². The van der Waals surface area contributed by atoms with E-state index in [0.717, 1.165) is 24.3 Å². The molecule has 1 aliphatic carbocycles. The number of hydrogen-bond acceptors (Lipinski definition) is 1. The van der Waals surface area contributed by atoms with Gasteiger partial charge in [-0.05, 0) is 0 Å². The fraction of sp³-hybridized carbons (Fsp3) is 0.0833. The molecule has 0 aromatic carbocycles. The zero-order valence-electron chi connectivity index (χ0n) is 23.0. The van der Waals surface area contributed by atoms with Crippen molar-refractivity contribution in [1.29, 1.82) is 0 Å². The Hall–Kier alpha value is -1.35. The van der Waals surface area contributed by atoms with E-state index >= 15 is 0 Å². The molecule has 6 heterocycles. The molecule has 0 saturated carbocycles. The molecule has 0 spiro atoms. The standard InChI is InChI=1S/C36H26ClS2Se4/c37-36-26(14-12-24-20-28(32-8-2-16-40-32)38-29(21-24)33-9-3-17-41-33)6-1-7-27(36)15-13-25-22-30(34-10-4-18-42-34)39-31(23-25)35-11-5-19-43-35/h2-5,8-23H,1,6-7H2/q+1. The summed E-state index contributed by atoms with van der Waals surface area (Å²) in [6.45, 7) is 0. The van der Waals surface area contributed by atoms with Crippen LogP contribution in [0.1, 0.15) is 33.7 Å². The molecular formula is C36H26ClS2Se4+. The van der Waals surface area contributed by atoms with Gasteiger partial charge in [-0.3, -0.25) is 0 Å². The van der Waals surface area contributed by atoms with Gasteiger partial charge in [-0.2, -0.15) is 0 Å². The zero-order valence-corrected chi connectivity index (χ0v) is 32.2. The predicted octanol–water partition coefficient (Wildman–Crippen LogP) is 9.96. The zero-order chi connectivity index (χ0) is 29.0. The van der Waals surface area contributed by atoms with Crippen LogP contribution >= 0.6 is 34.7 Å². The first-order valence-corrected chi connectivity index (χ1v) is 23.3. The topological polar surface area (TPSA) is 0 Å². The molecule has 0 unspecified atom stereocenters. The quantitative estimate of drug-likeness (QED) is 0.116. The molecule has 43 heavy (non-hydrogen) atoms. The number of hydrogen-bond donors (Lipinski definition) is 0. The van der Waals surface area contributed by atoms with Gasteiger partial charge in [0.05, 0.1) is 0 Å². The van der Waals surface area contributed by atoms with Crippen molar-refractivity contribution in [2.24, 2.45) is 0 Å². The van der Waals surface area contributed by atoms with Crippen LogP contribution in [-0.2, 0) is 0 Å². The first-order chi connectivity index (χ1) is 21.2. The van der Waals surface area contributed by atoms with E-state index in [1.807, 2.05) is 23.1 Å². The Morgan fingerprint density at radius 1 is 0.674 bits per heavy atom. The van der Waals surface area contributed by atoms with Gasteiger partial charge in [-0.1, -0.05) is 0 Å². The Labute approximate surface area is 290 Å². The van der Waals surface area contributed by atoms with Crippen molar-refractivity contribution in [1.82, 2.24) is 0 Å². The first kappa shape index (κ1) is 30.3. The first-order valence-electron chi connectivity index (χ1n) is 13.9. The predicted molar refractivity (Wildman–Crippen MR) is 196 cm³/mol. The molecule has 0 saturated heterocycles. The number of allylic oxidation sites excluding steroid dienone is 9. The van der Waals surface area contributed by atoms with Crippen molar-refractivity contribution in [3.63, 3.8) is 0 Å². The molecule has 0 bridgehead atoms. The molecule has 7 heteroatoms. The van der Waals surface area contributed by atoms with Crippen molar-refractivity contribution in [2.75, 3.05) is 0 Å². The minimum atomic E-state index is 0.424. The van der Waals surface area contributed by atoms with Crippen LogP contribution in [0.15, 0.2) is 133 Å². The van der Waals surface area contributed by atoms with E-state index < -0.39 is 0 Å². The molecule has 2 aliphatic rings. The van der Waals surface area contributed by atoms with Gasteiger partial charge in [0.15, 0.2) is 0 Å². The van der Waals surface area contributed by atoms with E-state index in [9.17, 15) is 0 Å². The summed E-state index contributed by atoms with van der Waals surface area (Å²) in [7, 11) is 0. The maximum absolute atomic E-state index is 7.11. The second-order valence-electron chi connectivity index (χ2n) is 10.0. The van der Waals surface area contributed by atoms with Gasteiger partial charge in [0.25, 0.3) is 0 Å². The fourth-order valence-electron chi connectivity index (χ4n) is 5.00. The van der Waals surface area contributed by atoms with Crippen LogP contribution in [0.3, 0.4) is 0 Å². The number of rotatable bonds is 7. The third-order valence-corrected chi connectivity index (χ3v) is 18.6. The van der Waals surface area contributed by atoms with Gasteiger partial charge in [0, 0.05) is 0 Å². The van der Waals surface area contributed by atoms with Gasteiger partial charge in [-0.15, -0.1) is 0 Å². The summed E-state index contributed by atoms with van der Waals surface area (Å²) in [5, 5.41) is 0.922. The van der Waals surface area contributed by atoms with Gasteiger partial charge >= 0.3 is 293 Å². The monoisotopic (exact) mass is 877 g/mol. The molecule has 7 rings (SSSR count). The van der Waals surface area contributed by atoms with Crippen molar-refractivity contribution < 1.29 is 0 Å². The van der Waals surface area contributed by atoms with Crippen LogP contribution in [0.2, 0.25) is 0 Å². The van der Waals surface area contributed by atoms with Crippen LogP contribution in [-0.4, -0.2) is 58.0 Å². The molecule has 0 amide bonds. The molecule has 0 atom stereocenters. The number of thioether (sulfide) groups is 1. The third kappa shape index (κ3) is 7.39. The Kier molecular flexibility index (Phi) is 10.1. The Morgan fingerprint density at radius 3 is 1.77 bits per heavy atom. The minimum absolute atomic E-state index is 0.424. The van der Waals surface area contributed by atoms with Crippen LogP contribution < -0.4 is 0 Å². The summed E-state index contributed by atoms with van der Waals surface area (Å²) < 4.78 is 5.89. The molecular weight excluding hydrogens is 848 g/mol. The summed E-state index contributed by atoms with van der Waals surface area (Å²) in [4.78, 5) is 14.8. The Bertz CT molecular complexity index is 1790. The van der Waals surface area contributed by atoms with E-state index in [1.54, 1.807) is 0 Å². The fourth-order valence-corrected chi connectivity index (χ4v) is 14.6. The third-order valence-electron chi connectivity index (χ3n) is 7.10. The molecule has 1 aliphatic heterocycles. The Balaban J connectivity index is 1.19. The van der Waals surface area contributed by atoms with Gasteiger partial charge in [0.2, 0.25) is 0 Å². The van der Waals surface area contributed by atoms with E-state index in [2.05, 4.69) is 117 Å². The summed E-state index contributed by atoms with van der Waals surface area (Å²) in [5.41, 5.74) is 5.00. The second-order valence-corrected chi connectivity index (χ2v) is 20.5. The van der Waals surface area contributed by atoms with Gasteiger partial charge in [0.1, 0.15) is 0 Å². The van der Waals surface area contributed by atoms with Crippen molar-refractivity contribution in [3.05, 3.63) is 147 Å². The molecule has 5 aromatic rings. The van der Waals surface area contributed by atoms with Crippen LogP contribution in [0, 0.1) is 0 Å². The molecule has 0 radical (unpaired) electrons. The van der Waals surface area contributed by atoms with E-state index in [4.69, 9.17) is 11.6 Å². The van der Waals surface area contributed by atoms with Crippen molar-refractivity contribution >= 4 is 109 Å². The molecule has 5 aromatic heterocycles. The van der Waals surface area contributed by atoms with Crippen LogP contribution in [0.5, 0.6) is 0 Å². The summed E-state index contributed by atoms with van der Waals surface area (Å²) in [6, 6.07) is 22.7. The van der Waals surface area contributed by atoms with Crippen LogP contribution in [0.25, 0.3) is 34.5 Å².